The zero-order valence-electron chi connectivity index (χ0n) is 10.8. The lowest BCUT2D eigenvalue weighted by atomic mass is 9.68. The molecule has 0 spiro atoms. The van der Waals surface area contributed by atoms with Gasteiger partial charge in [-0.15, -0.1) is 0 Å². The van der Waals surface area contributed by atoms with E-state index in [1.807, 2.05) is 0 Å². The van der Waals surface area contributed by atoms with Crippen molar-refractivity contribution in [3.8, 4) is 6.07 Å². The summed E-state index contributed by atoms with van der Waals surface area (Å²) in [4.78, 5) is 0. The van der Waals surface area contributed by atoms with Gasteiger partial charge in [0.15, 0.2) is 0 Å². The lowest BCUT2D eigenvalue weighted by molar-refractivity contribution is 0.282. The number of benzene rings is 1. The van der Waals surface area contributed by atoms with Gasteiger partial charge in [-0.05, 0) is 37.0 Å². The van der Waals surface area contributed by atoms with Crippen molar-refractivity contribution in [2.24, 2.45) is 5.41 Å². The molecule has 0 heterocycles. The third-order valence-corrected chi connectivity index (χ3v) is 3.83. The second-order valence-corrected chi connectivity index (χ2v) is 4.49. The third kappa shape index (κ3) is 2.66. The Kier molecular flexibility index (Phi) is 4.69. The van der Waals surface area contributed by atoms with Crippen LogP contribution in [0.25, 0.3) is 0 Å². The Morgan fingerprint density at radius 1 is 1.18 bits per heavy atom. The molecule has 1 aromatic rings. The van der Waals surface area contributed by atoms with E-state index in [-0.39, 0.29) is 17.2 Å². The summed E-state index contributed by atoms with van der Waals surface area (Å²) in [5.74, 6) is -0.0396. The minimum atomic E-state index is -0.327. The van der Waals surface area contributed by atoms with Gasteiger partial charge in [-0.1, -0.05) is 32.9 Å². The monoisotopic (exact) mass is 233 g/mol. The van der Waals surface area contributed by atoms with Crippen molar-refractivity contribution in [2.45, 2.75) is 46.0 Å². The maximum atomic E-state index is 12.9. The molecule has 0 radical (unpaired) electrons. The first-order valence-electron chi connectivity index (χ1n) is 6.30. The largest absolute Gasteiger partial charge is 0.207 e. The maximum absolute atomic E-state index is 12.9. The number of nitriles is 1. The van der Waals surface area contributed by atoms with Gasteiger partial charge in [0.25, 0.3) is 0 Å². The summed E-state index contributed by atoms with van der Waals surface area (Å²) in [7, 11) is 0. The Morgan fingerprint density at radius 3 is 2.06 bits per heavy atom. The average Bonchev–Trinajstić information content (AvgIpc) is 2.38. The summed E-state index contributed by atoms with van der Waals surface area (Å²) in [5.41, 5.74) is 0.742. The molecule has 0 N–H and O–H groups in total. The predicted molar refractivity (Wildman–Crippen MR) is 68.1 cm³/mol. The molecular formula is C15H20FN. The SMILES string of the molecule is CC[C@H](c1ccc(F)cc1)C(C#N)(CC)CC. The van der Waals surface area contributed by atoms with Gasteiger partial charge < -0.3 is 0 Å². The molecule has 17 heavy (non-hydrogen) atoms. The van der Waals surface area contributed by atoms with Gasteiger partial charge in [0.2, 0.25) is 0 Å². The topological polar surface area (TPSA) is 23.8 Å². The highest BCUT2D eigenvalue weighted by atomic mass is 19.1. The highest BCUT2D eigenvalue weighted by molar-refractivity contribution is 5.25. The van der Waals surface area contributed by atoms with Crippen LogP contribution in [0.2, 0.25) is 0 Å². The highest BCUT2D eigenvalue weighted by Gasteiger charge is 2.35. The van der Waals surface area contributed by atoms with Gasteiger partial charge >= 0.3 is 0 Å². The van der Waals surface area contributed by atoms with Gasteiger partial charge in [0.05, 0.1) is 11.5 Å². The van der Waals surface area contributed by atoms with E-state index in [1.54, 1.807) is 12.1 Å². The lowest BCUT2D eigenvalue weighted by Crippen LogP contribution is -2.25. The minimum absolute atomic E-state index is 0.183. The quantitative estimate of drug-likeness (QED) is 0.726. The normalized spacial score (nSPS) is 13.1. The number of hydrogen-bond donors (Lipinski definition) is 0. The van der Waals surface area contributed by atoms with Crippen LogP contribution in [-0.2, 0) is 0 Å². The summed E-state index contributed by atoms with van der Waals surface area (Å²) in [6, 6.07) is 9.05. The molecule has 0 saturated heterocycles. The number of nitrogens with zero attached hydrogens (tertiary/aromatic N) is 1. The molecule has 2 heteroatoms. The molecule has 92 valence electrons. The molecule has 1 nitrogen and oxygen atoms in total. The molecule has 0 saturated carbocycles. The summed E-state index contributed by atoms with van der Waals surface area (Å²) >= 11 is 0. The zero-order chi connectivity index (χ0) is 12.9. The van der Waals surface area contributed by atoms with E-state index in [2.05, 4.69) is 26.8 Å². The molecule has 1 rings (SSSR count). The van der Waals surface area contributed by atoms with E-state index >= 15 is 0 Å². The Labute approximate surface area is 103 Å². The van der Waals surface area contributed by atoms with Crippen LogP contribution in [0.3, 0.4) is 0 Å². The maximum Gasteiger partial charge on any atom is 0.123 e. The van der Waals surface area contributed by atoms with Crippen LogP contribution < -0.4 is 0 Å². The standard InChI is InChI=1S/C15H20FN/c1-4-14(15(5-2,6-3)11-17)12-7-9-13(16)10-8-12/h7-10,14H,4-6H2,1-3H3/t14-/m1/s1. The fourth-order valence-electron chi connectivity index (χ4n) is 2.62. The van der Waals surface area contributed by atoms with Gasteiger partial charge in [-0.25, -0.2) is 4.39 Å². The van der Waals surface area contributed by atoms with Gasteiger partial charge in [-0.2, -0.15) is 5.26 Å². The summed E-state index contributed by atoms with van der Waals surface area (Å²) in [6.07, 6.45) is 2.56. The highest BCUT2D eigenvalue weighted by Crippen LogP contribution is 2.43. The van der Waals surface area contributed by atoms with Gasteiger partial charge in [-0.3, -0.25) is 0 Å². The van der Waals surface area contributed by atoms with Crippen LogP contribution in [0.1, 0.15) is 51.5 Å². The second kappa shape index (κ2) is 5.82. The first-order valence-corrected chi connectivity index (χ1v) is 6.30. The van der Waals surface area contributed by atoms with E-state index in [0.717, 1.165) is 24.8 Å². The molecule has 0 aliphatic rings. The molecule has 1 aromatic carbocycles. The van der Waals surface area contributed by atoms with Crippen molar-refractivity contribution in [3.05, 3.63) is 35.6 Å². The zero-order valence-corrected chi connectivity index (χ0v) is 10.8. The van der Waals surface area contributed by atoms with Crippen LogP contribution in [-0.4, -0.2) is 0 Å². The van der Waals surface area contributed by atoms with E-state index < -0.39 is 0 Å². The number of hydrogen-bond acceptors (Lipinski definition) is 1. The Hall–Kier alpha value is -1.36. The first kappa shape index (κ1) is 13.7. The fraction of sp³-hybridized carbons (Fsp3) is 0.533. The first-order chi connectivity index (χ1) is 8.13. The van der Waals surface area contributed by atoms with Crippen LogP contribution in [0.5, 0.6) is 0 Å². The molecule has 0 aromatic heterocycles. The predicted octanol–water partition coefficient (Wildman–Crippen LogP) is 4.65. The minimum Gasteiger partial charge on any atom is -0.207 e. The molecular weight excluding hydrogens is 213 g/mol. The molecule has 0 fully saturated rings. The van der Waals surface area contributed by atoms with Gasteiger partial charge in [0, 0.05) is 5.92 Å². The Bertz CT molecular complexity index is 384. The summed E-state index contributed by atoms with van der Waals surface area (Å²) in [6.45, 7) is 6.20. The van der Waals surface area contributed by atoms with Crippen molar-refractivity contribution in [2.75, 3.05) is 0 Å². The van der Waals surface area contributed by atoms with Crippen LogP contribution >= 0.6 is 0 Å². The van der Waals surface area contributed by atoms with Gasteiger partial charge in [0.1, 0.15) is 5.82 Å². The average molecular weight is 233 g/mol. The summed E-state index contributed by atoms with van der Waals surface area (Å²) in [5, 5.41) is 9.47. The number of halogens is 1. The van der Waals surface area contributed by atoms with E-state index in [4.69, 9.17) is 0 Å². The van der Waals surface area contributed by atoms with Crippen molar-refractivity contribution in [1.82, 2.24) is 0 Å². The van der Waals surface area contributed by atoms with Crippen molar-refractivity contribution in [3.63, 3.8) is 0 Å². The van der Waals surface area contributed by atoms with E-state index in [0.29, 0.717) is 0 Å². The molecule has 0 amide bonds. The molecule has 0 bridgehead atoms. The van der Waals surface area contributed by atoms with Crippen molar-refractivity contribution in [1.29, 1.82) is 5.26 Å². The lowest BCUT2D eigenvalue weighted by Gasteiger charge is -2.33. The van der Waals surface area contributed by atoms with Crippen molar-refractivity contribution < 1.29 is 4.39 Å². The third-order valence-electron chi connectivity index (χ3n) is 3.83. The number of rotatable bonds is 5. The van der Waals surface area contributed by atoms with E-state index in [9.17, 15) is 9.65 Å². The smallest absolute Gasteiger partial charge is 0.123 e. The van der Waals surface area contributed by atoms with Crippen LogP contribution in [0.15, 0.2) is 24.3 Å². The van der Waals surface area contributed by atoms with Crippen LogP contribution in [0, 0.1) is 22.6 Å². The molecule has 0 aliphatic heterocycles. The molecule has 0 unspecified atom stereocenters. The van der Waals surface area contributed by atoms with Crippen LogP contribution in [0.4, 0.5) is 4.39 Å². The molecule has 1 atom stereocenters. The Balaban J connectivity index is 3.14. The second-order valence-electron chi connectivity index (χ2n) is 4.49. The van der Waals surface area contributed by atoms with E-state index in [1.165, 1.54) is 12.1 Å². The Morgan fingerprint density at radius 2 is 1.71 bits per heavy atom. The summed E-state index contributed by atoms with van der Waals surface area (Å²) < 4.78 is 12.9. The van der Waals surface area contributed by atoms with Crippen molar-refractivity contribution >= 4 is 0 Å². The molecule has 0 aliphatic carbocycles. The fourth-order valence-corrected chi connectivity index (χ4v) is 2.62.